The van der Waals surface area contributed by atoms with Crippen LogP contribution >= 0.6 is 0 Å². The largest absolute Gasteiger partial charge is 0.489 e. The minimum absolute atomic E-state index is 0.0424. The normalized spacial score (nSPS) is 19.3. The zero-order chi connectivity index (χ0) is 16.7. The number of hydrogen-bond donors (Lipinski definition) is 2. The first-order valence-corrected chi connectivity index (χ1v) is 8.49. The van der Waals surface area contributed by atoms with Gasteiger partial charge in [0, 0.05) is 19.7 Å². The van der Waals surface area contributed by atoms with Crippen LogP contribution in [-0.2, 0) is 0 Å². The van der Waals surface area contributed by atoms with Crippen molar-refractivity contribution in [3.8, 4) is 5.75 Å². The number of piperidine rings is 1. The second kappa shape index (κ2) is 8.77. The zero-order valence-electron chi connectivity index (χ0n) is 14.1. The summed E-state index contributed by atoms with van der Waals surface area (Å²) in [5.41, 5.74) is 1.16. The molecule has 0 unspecified atom stereocenters. The Morgan fingerprint density at radius 2 is 2.35 bits per heavy atom. The van der Waals surface area contributed by atoms with Crippen LogP contribution in [0.3, 0.4) is 0 Å². The molecule has 1 aliphatic heterocycles. The highest BCUT2D eigenvalue weighted by atomic mass is 16.5. The van der Waals surface area contributed by atoms with Crippen molar-refractivity contribution in [1.82, 2.24) is 10.2 Å². The molecule has 2 amide bonds. The Balaban J connectivity index is 1.81. The van der Waals surface area contributed by atoms with E-state index in [1.807, 2.05) is 31.2 Å². The number of rotatable bonds is 6. The Morgan fingerprint density at radius 3 is 3.04 bits per heavy atom. The molecule has 0 bridgehead atoms. The number of benzene rings is 1. The molecule has 0 aromatic heterocycles. The number of hydrogen-bond acceptors (Lipinski definition) is 3. The molecule has 23 heavy (non-hydrogen) atoms. The molecule has 1 aliphatic rings. The molecule has 0 radical (unpaired) electrons. The van der Waals surface area contributed by atoms with Crippen LogP contribution in [0.2, 0.25) is 0 Å². The number of nitrogens with zero attached hydrogens (tertiary/aromatic N) is 1. The average molecular weight is 320 g/mol. The molecule has 0 aliphatic carbocycles. The minimum atomic E-state index is -0.0607. The van der Waals surface area contributed by atoms with Crippen molar-refractivity contribution < 1.29 is 14.6 Å². The first-order valence-electron chi connectivity index (χ1n) is 8.49. The van der Waals surface area contributed by atoms with Crippen LogP contribution in [0.1, 0.15) is 31.7 Å². The SMILES string of the molecule is CC[C@@H](CNC(=O)N1CCC[C@H](CO)C1)Oc1cccc(C)c1. The average Bonchev–Trinajstić information content (AvgIpc) is 2.58. The molecule has 5 heteroatoms. The predicted molar refractivity (Wildman–Crippen MR) is 90.7 cm³/mol. The van der Waals surface area contributed by atoms with E-state index in [-0.39, 0.29) is 24.7 Å². The van der Waals surface area contributed by atoms with Gasteiger partial charge in [0.2, 0.25) is 0 Å². The summed E-state index contributed by atoms with van der Waals surface area (Å²) in [5, 5.41) is 12.2. The van der Waals surface area contributed by atoms with Crippen LogP contribution in [0.5, 0.6) is 5.75 Å². The Morgan fingerprint density at radius 1 is 1.52 bits per heavy atom. The van der Waals surface area contributed by atoms with Gasteiger partial charge in [0.05, 0.1) is 6.54 Å². The standard InChI is InChI=1S/C18H28N2O3/c1-3-16(23-17-8-4-6-14(2)10-17)11-19-18(22)20-9-5-7-15(12-20)13-21/h4,6,8,10,15-16,21H,3,5,7,9,11-13H2,1-2H3,(H,19,22)/t15-,16-/m0/s1. The third kappa shape index (κ3) is 5.43. The highest BCUT2D eigenvalue weighted by molar-refractivity contribution is 5.74. The van der Waals surface area contributed by atoms with Crippen molar-refractivity contribution in [1.29, 1.82) is 0 Å². The van der Waals surface area contributed by atoms with E-state index in [0.717, 1.165) is 37.1 Å². The van der Waals surface area contributed by atoms with E-state index in [1.165, 1.54) is 0 Å². The highest BCUT2D eigenvalue weighted by Crippen LogP contribution is 2.17. The lowest BCUT2D eigenvalue weighted by atomic mass is 9.99. The molecule has 1 saturated heterocycles. The number of ether oxygens (including phenoxy) is 1. The fourth-order valence-corrected chi connectivity index (χ4v) is 2.86. The molecule has 1 aromatic rings. The van der Waals surface area contributed by atoms with Crippen LogP contribution in [0.25, 0.3) is 0 Å². The molecule has 0 spiro atoms. The molecule has 2 rings (SSSR count). The number of aryl methyl sites for hydroxylation is 1. The number of carbonyl (C=O) groups excluding carboxylic acids is 1. The van der Waals surface area contributed by atoms with Crippen molar-refractivity contribution in [2.24, 2.45) is 5.92 Å². The van der Waals surface area contributed by atoms with E-state index < -0.39 is 0 Å². The van der Waals surface area contributed by atoms with Gasteiger partial charge in [-0.2, -0.15) is 0 Å². The van der Waals surface area contributed by atoms with E-state index in [0.29, 0.717) is 13.1 Å². The minimum Gasteiger partial charge on any atom is -0.489 e. The molecule has 1 heterocycles. The molecule has 5 nitrogen and oxygen atoms in total. The third-order valence-electron chi connectivity index (χ3n) is 4.29. The van der Waals surface area contributed by atoms with E-state index in [2.05, 4.69) is 12.2 Å². The lowest BCUT2D eigenvalue weighted by Gasteiger charge is -2.32. The van der Waals surface area contributed by atoms with Crippen LogP contribution in [0, 0.1) is 12.8 Å². The quantitative estimate of drug-likeness (QED) is 0.847. The van der Waals surface area contributed by atoms with Crippen molar-refractivity contribution in [2.45, 2.75) is 39.2 Å². The topological polar surface area (TPSA) is 61.8 Å². The number of amides is 2. The number of urea groups is 1. The molecular formula is C18H28N2O3. The molecule has 128 valence electrons. The van der Waals surface area contributed by atoms with Gasteiger partial charge >= 0.3 is 6.03 Å². The van der Waals surface area contributed by atoms with Crippen molar-refractivity contribution in [2.75, 3.05) is 26.2 Å². The fourth-order valence-electron chi connectivity index (χ4n) is 2.86. The maximum Gasteiger partial charge on any atom is 0.317 e. The number of aliphatic hydroxyl groups is 1. The van der Waals surface area contributed by atoms with Crippen LogP contribution in [0.15, 0.2) is 24.3 Å². The van der Waals surface area contributed by atoms with Gasteiger partial charge in [-0.05, 0) is 49.8 Å². The van der Waals surface area contributed by atoms with E-state index in [4.69, 9.17) is 4.74 Å². The molecule has 0 saturated carbocycles. The molecular weight excluding hydrogens is 292 g/mol. The summed E-state index contributed by atoms with van der Waals surface area (Å²) in [4.78, 5) is 14.1. The van der Waals surface area contributed by atoms with Crippen LogP contribution in [0.4, 0.5) is 4.79 Å². The smallest absolute Gasteiger partial charge is 0.317 e. The maximum atomic E-state index is 12.3. The second-order valence-corrected chi connectivity index (χ2v) is 6.29. The molecule has 1 fully saturated rings. The molecule has 2 atom stereocenters. The van der Waals surface area contributed by atoms with Crippen molar-refractivity contribution in [3.05, 3.63) is 29.8 Å². The lowest BCUT2D eigenvalue weighted by molar-refractivity contribution is 0.125. The second-order valence-electron chi connectivity index (χ2n) is 6.29. The highest BCUT2D eigenvalue weighted by Gasteiger charge is 2.23. The van der Waals surface area contributed by atoms with Crippen molar-refractivity contribution in [3.63, 3.8) is 0 Å². The fraction of sp³-hybridized carbons (Fsp3) is 0.611. The Labute approximate surface area is 138 Å². The van der Waals surface area contributed by atoms with Gasteiger partial charge in [-0.15, -0.1) is 0 Å². The van der Waals surface area contributed by atoms with Crippen molar-refractivity contribution >= 4 is 6.03 Å². The van der Waals surface area contributed by atoms with Gasteiger partial charge in [0.25, 0.3) is 0 Å². The summed E-state index contributed by atoms with van der Waals surface area (Å²) in [5.74, 6) is 1.05. The molecule has 1 aromatic carbocycles. The summed E-state index contributed by atoms with van der Waals surface area (Å²) in [6.45, 7) is 6.12. The first-order chi connectivity index (χ1) is 11.1. The molecule has 2 N–H and O–H groups in total. The summed E-state index contributed by atoms with van der Waals surface area (Å²) in [6, 6.07) is 7.88. The zero-order valence-corrected chi connectivity index (χ0v) is 14.1. The van der Waals surface area contributed by atoms with E-state index in [1.54, 1.807) is 4.90 Å². The van der Waals surface area contributed by atoms with E-state index >= 15 is 0 Å². The summed E-state index contributed by atoms with van der Waals surface area (Å²) >= 11 is 0. The summed E-state index contributed by atoms with van der Waals surface area (Å²) in [6.07, 6.45) is 2.73. The van der Waals surface area contributed by atoms with Gasteiger partial charge in [0.1, 0.15) is 11.9 Å². The lowest BCUT2D eigenvalue weighted by Crippen LogP contribution is -2.48. The van der Waals surface area contributed by atoms with E-state index in [9.17, 15) is 9.90 Å². The van der Waals surface area contributed by atoms with Gasteiger partial charge in [-0.3, -0.25) is 0 Å². The monoisotopic (exact) mass is 320 g/mol. The number of likely N-dealkylation sites (tertiary alicyclic amines) is 1. The first kappa shape index (κ1) is 17.6. The predicted octanol–water partition coefficient (Wildman–Crippen LogP) is 2.57. The van der Waals surface area contributed by atoms with Crippen LogP contribution < -0.4 is 10.1 Å². The number of nitrogens with one attached hydrogen (secondary N) is 1. The third-order valence-corrected chi connectivity index (χ3v) is 4.29. The summed E-state index contributed by atoms with van der Waals surface area (Å²) < 4.78 is 5.95. The van der Waals surface area contributed by atoms with Gasteiger partial charge in [-0.25, -0.2) is 4.79 Å². The van der Waals surface area contributed by atoms with Crippen LogP contribution in [-0.4, -0.2) is 48.4 Å². The Kier molecular flexibility index (Phi) is 6.71. The number of aliphatic hydroxyl groups excluding tert-OH is 1. The van der Waals surface area contributed by atoms with Gasteiger partial charge in [-0.1, -0.05) is 19.1 Å². The van der Waals surface area contributed by atoms with Gasteiger partial charge < -0.3 is 20.1 Å². The maximum absolute atomic E-state index is 12.3. The Hall–Kier alpha value is -1.75. The summed E-state index contributed by atoms with van der Waals surface area (Å²) in [7, 11) is 0. The Bertz CT molecular complexity index is 507. The van der Waals surface area contributed by atoms with Gasteiger partial charge in [0.15, 0.2) is 0 Å². The number of carbonyl (C=O) groups is 1.